The lowest BCUT2D eigenvalue weighted by Crippen LogP contribution is -3.00. The Morgan fingerprint density at radius 2 is 1.19 bits per heavy atom. The number of Topliss-reactive ketones (excluding diaryl/α,β-unsaturated/α-hetero) is 1. The average Bonchev–Trinajstić information content (AvgIpc) is 2.88. The van der Waals surface area contributed by atoms with E-state index in [-0.39, 0.29) is 23.1 Å². The van der Waals surface area contributed by atoms with Crippen LogP contribution in [0.3, 0.4) is 0 Å². The van der Waals surface area contributed by atoms with Crippen LogP contribution < -0.4 is 32.9 Å². The smallest absolute Gasteiger partial charge is 0.410 e. The van der Waals surface area contributed by atoms with E-state index in [1.165, 1.54) is 15.9 Å². The fraction of sp³-hybridized carbons (Fsp3) is 0.355. The molecule has 0 radical (unpaired) electrons. The number of halogens is 1. The molecule has 0 bridgehead atoms. The fourth-order valence-electron chi connectivity index (χ4n) is 5.07. The van der Waals surface area contributed by atoms with Gasteiger partial charge in [0, 0.05) is 19.5 Å². The van der Waals surface area contributed by atoms with E-state index < -0.39 is 12.9 Å². The summed E-state index contributed by atoms with van der Waals surface area (Å²) in [4.78, 5) is 28.0. The van der Waals surface area contributed by atoms with E-state index in [4.69, 9.17) is 4.74 Å². The molecule has 6 heteroatoms. The molecule has 0 spiro atoms. The van der Waals surface area contributed by atoms with Gasteiger partial charge in [0.25, 0.3) is 0 Å². The topological polar surface area (TPSA) is 46.6 Å². The number of carbonyl (C=O) groups is 2. The molecule has 0 aromatic heterocycles. The van der Waals surface area contributed by atoms with Gasteiger partial charge in [0.05, 0.1) is 0 Å². The maximum Gasteiger partial charge on any atom is 0.410 e. The van der Waals surface area contributed by atoms with E-state index >= 15 is 0 Å². The molecule has 1 amide bonds. The largest absolute Gasteiger partial charge is 1.00 e. The van der Waals surface area contributed by atoms with Crippen LogP contribution in [0.1, 0.15) is 40.0 Å². The van der Waals surface area contributed by atoms with E-state index in [9.17, 15) is 9.59 Å². The Bertz CT molecular complexity index is 1040. The van der Waals surface area contributed by atoms with Gasteiger partial charge in [0.1, 0.15) is 34.9 Å². The van der Waals surface area contributed by atoms with Crippen molar-refractivity contribution in [3.8, 4) is 0 Å². The second kappa shape index (κ2) is 12.8. The van der Waals surface area contributed by atoms with Crippen molar-refractivity contribution in [3.63, 3.8) is 0 Å². The van der Waals surface area contributed by atoms with Crippen LogP contribution in [0.5, 0.6) is 0 Å². The maximum atomic E-state index is 13.8. The molecular formula is C31H37BrNO3P. The first-order chi connectivity index (χ1) is 17.3. The average molecular weight is 583 g/mol. The maximum absolute atomic E-state index is 13.8. The minimum Gasteiger partial charge on any atom is -1.00 e. The van der Waals surface area contributed by atoms with Crippen molar-refractivity contribution in [2.75, 3.05) is 19.3 Å². The molecule has 0 atom stereocenters. The summed E-state index contributed by atoms with van der Waals surface area (Å²) in [5.41, 5.74) is -0.497. The third-order valence-electron chi connectivity index (χ3n) is 6.79. The lowest BCUT2D eigenvalue weighted by molar-refractivity contribution is -0.117. The second-order valence-electron chi connectivity index (χ2n) is 10.6. The van der Waals surface area contributed by atoms with Crippen molar-refractivity contribution in [1.29, 1.82) is 0 Å². The van der Waals surface area contributed by atoms with Gasteiger partial charge in [-0.2, -0.15) is 0 Å². The zero-order valence-corrected chi connectivity index (χ0v) is 24.5. The highest BCUT2D eigenvalue weighted by Crippen LogP contribution is 2.55. The Kier molecular flexibility index (Phi) is 10.1. The molecular weight excluding hydrogens is 545 g/mol. The Balaban J connectivity index is 0.00000380. The van der Waals surface area contributed by atoms with Gasteiger partial charge in [-0.15, -0.1) is 0 Å². The number of ether oxygens (including phenoxy) is 1. The highest BCUT2D eigenvalue weighted by atomic mass is 79.9. The molecule has 0 N–H and O–H groups in total. The van der Waals surface area contributed by atoms with E-state index in [0.717, 1.165) is 12.8 Å². The van der Waals surface area contributed by atoms with Crippen molar-refractivity contribution >= 4 is 35.1 Å². The summed E-state index contributed by atoms with van der Waals surface area (Å²) in [6.07, 6.45) is 2.47. The van der Waals surface area contributed by atoms with Crippen LogP contribution in [0.15, 0.2) is 91.0 Å². The lowest BCUT2D eigenvalue weighted by Gasteiger charge is -2.33. The molecule has 3 aromatic carbocycles. The molecule has 0 aliphatic carbocycles. The first-order valence-electron chi connectivity index (χ1n) is 12.8. The number of piperidine rings is 1. The number of ketones is 1. The number of benzene rings is 3. The van der Waals surface area contributed by atoms with Crippen LogP contribution in [0.25, 0.3) is 0 Å². The first-order valence-corrected chi connectivity index (χ1v) is 14.8. The lowest BCUT2D eigenvalue weighted by atomic mass is 9.92. The number of hydrogen-bond acceptors (Lipinski definition) is 3. The molecule has 0 saturated carbocycles. The minimum atomic E-state index is -2.16. The van der Waals surface area contributed by atoms with Crippen LogP contribution in [0.4, 0.5) is 4.79 Å². The number of carbonyl (C=O) groups excluding carboxylic acids is 2. The number of nitrogens with zero attached hydrogens (tertiary/aromatic N) is 1. The van der Waals surface area contributed by atoms with Crippen molar-refractivity contribution < 1.29 is 31.3 Å². The molecule has 1 aliphatic rings. The Labute approximate surface area is 232 Å². The summed E-state index contributed by atoms with van der Waals surface area (Å²) < 4.78 is 5.53. The van der Waals surface area contributed by atoms with Gasteiger partial charge in [-0.25, -0.2) is 4.79 Å². The molecule has 1 fully saturated rings. The Morgan fingerprint density at radius 1 is 0.784 bits per heavy atom. The van der Waals surface area contributed by atoms with Gasteiger partial charge >= 0.3 is 6.09 Å². The van der Waals surface area contributed by atoms with Gasteiger partial charge in [-0.3, -0.25) is 4.79 Å². The van der Waals surface area contributed by atoms with E-state index in [1.54, 1.807) is 4.90 Å². The first kappa shape index (κ1) is 29.1. The van der Waals surface area contributed by atoms with Crippen LogP contribution in [0, 0.1) is 5.92 Å². The minimum absolute atomic E-state index is 0. The molecule has 1 heterocycles. The standard InChI is InChI=1S/C31H37NO3P.BrH/c1-31(2,3)35-30(34)32-21-19-25(20-22-32)23-26(33)24-36(27-13-7-4-8-14-27,28-15-9-5-10-16-28)29-17-11-6-12-18-29;/h4-18,25H,19-24H2,1-3H3;1H/q+1;/p-1. The highest BCUT2D eigenvalue weighted by molar-refractivity contribution is 7.96. The van der Waals surface area contributed by atoms with E-state index in [0.29, 0.717) is 37.4 Å². The summed E-state index contributed by atoms with van der Waals surface area (Å²) >= 11 is 0. The zero-order valence-electron chi connectivity index (χ0n) is 22.0. The third kappa shape index (κ3) is 7.30. The van der Waals surface area contributed by atoms with Crippen LogP contribution >= 0.6 is 7.26 Å². The summed E-state index contributed by atoms with van der Waals surface area (Å²) in [5, 5.41) is 3.70. The van der Waals surface area contributed by atoms with Crippen LogP contribution in [0.2, 0.25) is 0 Å². The summed E-state index contributed by atoms with van der Waals surface area (Å²) in [5.74, 6) is 0.594. The Morgan fingerprint density at radius 3 is 1.57 bits per heavy atom. The van der Waals surface area contributed by atoms with Gasteiger partial charge < -0.3 is 26.6 Å². The van der Waals surface area contributed by atoms with Crippen molar-refractivity contribution in [3.05, 3.63) is 91.0 Å². The predicted octanol–water partition coefficient (Wildman–Crippen LogP) is 2.59. The SMILES string of the molecule is CC(C)(C)OC(=O)N1CCC(CC(=O)C[P+](c2ccccc2)(c2ccccc2)c2ccccc2)CC1.[Br-]. The van der Waals surface area contributed by atoms with Crippen LogP contribution in [-0.2, 0) is 9.53 Å². The van der Waals surface area contributed by atoms with Crippen molar-refractivity contribution in [1.82, 2.24) is 4.90 Å². The Hall–Kier alpha value is -2.49. The molecule has 37 heavy (non-hydrogen) atoms. The number of likely N-dealkylation sites (tertiary alicyclic amines) is 1. The van der Waals surface area contributed by atoms with E-state index in [1.807, 2.05) is 39.0 Å². The van der Waals surface area contributed by atoms with Gasteiger partial charge in [0.2, 0.25) is 0 Å². The predicted molar refractivity (Wildman–Crippen MR) is 150 cm³/mol. The normalized spacial score (nSPS) is 14.5. The van der Waals surface area contributed by atoms with Gasteiger partial charge in [-0.1, -0.05) is 54.6 Å². The molecule has 4 rings (SSSR count). The van der Waals surface area contributed by atoms with Crippen LogP contribution in [-0.4, -0.2) is 41.6 Å². The monoisotopic (exact) mass is 581 g/mol. The molecule has 3 aromatic rings. The number of hydrogen-bond donors (Lipinski definition) is 0. The summed E-state index contributed by atoms with van der Waals surface area (Å²) in [6, 6.07) is 31.7. The quantitative estimate of drug-likeness (QED) is 0.403. The fourth-order valence-corrected chi connectivity index (χ4v) is 9.21. The highest BCUT2D eigenvalue weighted by Gasteiger charge is 2.47. The van der Waals surface area contributed by atoms with E-state index in [2.05, 4.69) is 72.8 Å². The third-order valence-corrected chi connectivity index (χ3v) is 11.2. The van der Waals surface area contributed by atoms with Crippen molar-refractivity contribution in [2.24, 2.45) is 5.92 Å². The second-order valence-corrected chi connectivity index (χ2v) is 14.1. The molecule has 0 unspecified atom stereocenters. The zero-order chi connectivity index (χ0) is 25.6. The molecule has 1 aliphatic heterocycles. The summed E-state index contributed by atoms with van der Waals surface area (Å²) in [7, 11) is -2.16. The molecule has 1 saturated heterocycles. The molecule has 4 nitrogen and oxygen atoms in total. The molecule has 196 valence electrons. The number of amides is 1. The summed E-state index contributed by atoms with van der Waals surface area (Å²) in [6.45, 7) is 6.94. The van der Waals surface area contributed by atoms with Crippen molar-refractivity contribution in [2.45, 2.75) is 45.6 Å². The number of rotatable bonds is 7. The van der Waals surface area contributed by atoms with Gasteiger partial charge in [0.15, 0.2) is 5.78 Å². The van der Waals surface area contributed by atoms with Gasteiger partial charge in [-0.05, 0) is 75.9 Å².